The average Bonchev–Trinajstić information content (AvgIpc) is 2.47. The van der Waals surface area contributed by atoms with Gasteiger partial charge in [0.2, 0.25) is 6.10 Å². The van der Waals surface area contributed by atoms with Crippen LogP contribution < -0.4 is 0 Å². The number of carbonyl (C=O) groups is 2. The Hall–Kier alpha value is -1.89. The molecule has 6 nitrogen and oxygen atoms in total. The molecule has 0 aromatic heterocycles. The highest BCUT2D eigenvalue weighted by molar-refractivity contribution is 7.84. The molecule has 1 heterocycles. The third-order valence-electron chi connectivity index (χ3n) is 3.46. The first-order valence-corrected chi connectivity index (χ1v) is 9.22. The molecule has 1 unspecified atom stereocenters. The molecule has 2 rings (SSSR count). The zero-order valence-corrected chi connectivity index (χ0v) is 16.3. The summed E-state index contributed by atoms with van der Waals surface area (Å²) in [6, 6.07) is 8.52. The average molecular weight is 367 g/mol. The highest BCUT2D eigenvalue weighted by atomic mass is 32.2. The van der Waals surface area contributed by atoms with E-state index >= 15 is 0 Å². The Kier molecular flexibility index (Phi) is 5.27. The van der Waals surface area contributed by atoms with Gasteiger partial charge in [0.1, 0.15) is 22.6 Å². The van der Waals surface area contributed by atoms with Crippen LogP contribution in [0.15, 0.2) is 30.3 Å². The van der Waals surface area contributed by atoms with Crippen LogP contribution in [0.1, 0.15) is 53.1 Å². The Morgan fingerprint density at radius 3 is 2.12 bits per heavy atom. The van der Waals surface area contributed by atoms with Crippen molar-refractivity contribution >= 4 is 23.0 Å². The van der Waals surface area contributed by atoms with Crippen LogP contribution in [0.3, 0.4) is 0 Å². The van der Waals surface area contributed by atoms with Crippen molar-refractivity contribution in [2.75, 3.05) is 0 Å². The Morgan fingerprint density at radius 2 is 1.64 bits per heavy atom. The molecule has 0 radical (unpaired) electrons. The standard InChI is InChI=1S/C18H25NO5S/c1-17(2,3)24-16(21)23-14-13(12-10-8-7-9-11-12)19(15(14)20)25(22)18(4,5)6/h7-11,13-14H,1-6H3/t13-,14+,25?/m0/s1. The van der Waals surface area contributed by atoms with Gasteiger partial charge in [-0.05, 0) is 47.1 Å². The monoisotopic (exact) mass is 367 g/mol. The van der Waals surface area contributed by atoms with Gasteiger partial charge in [-0.25, -0.2) is 13.3 Å². The van der Waals surface area contributed by atoms with Crippen LogP contribution in [0, 0.1) is 0 Å². The predicted octanol–water partition coefficient (Wildman–Crippen LogP) is 3.35. The van der Waals surface area contributed by atoms with Gasteiger partial charge < -0.3 is 9.47 Å². The second-order valence-electron chi connectivity index (χ2n) is 7.88. The van der Waals surface area contributed by atoms with E-state index in [1.807, 2.05) is 30.3 Å². The van der Waals surface area contributed by atoms with Crippen LogP contribution in [0.5, 0.6) is 0 Å². The van der Waals surface area contributed by atoms with Crippen LogP contribution in [-0.2, 0) is 25.3 Å². The van der Waals surface area contributed by atoms with E-state index in [-0.39, 0.29) is 0 Å². The summed E-state index contributed by atoms with van der Waals surface area (Å²) in [5, 5.41) is 0. The van der Waals surface area contributed by atoms with Crippen LogP contribution in [0.4, 0.5) is 4.79 Å². The van der Waals surface area contributed by atoms with Gasteiger partial charge in [0.15, 0.2) is 0 Å². The Bertz CT molecular complexity index is 675. The zero-order chi connectivity index (χ0) is 19.0. The maximum Gasteiger partial charge on any atom is 0.509 e. The van der Waals surface area contributed by atoms with Gasteiger partial charge in [-0.15, -0.1) is 0 Å². The van der Waals surface area contributed by atoms with Crippen molar-refractivity contribution in [3.05, 3.63) is 35.9 Å². The number of rotatable bonds is 3. The van der Waals surface area contributed by atoms with E-state index in [4.69, 9.17) is 9.47 Å². The maximum atomic E-state index is 12.7. The molecular weight excluding hydrogens is 342 g/mol. The van der Waals surface area contributed by atoms with Crippen LogP contribution >= 0.6 is 0 Å². The molecule has 0 bridgehead atoms. The van der Waals surface area contributed by atoms with Crippen LogP contribution in [0.25, 0.3) is 0 Å². The molecule has 1 aromatic rings. The van der Waals surface area contributed by atoms with E-state index in [1.165, 1.54) is 4.31 Å². The van der Waals surface area contributed by atoms with E-state index in [1.54, 1.807) is 41.5 Å². The quantitative estimate of drug-likeness (QED) is 0.605. The first kappa shape index (κ1) is 19.4. The second kappa shape index (κ2) is 6.78. The van der Waals surface area contributed by atoms with Gasteiger partial charge in [0.25, 0.3) is 5.91 Å². The minimum atomic E-state index is -1.56. The highest BCUT2D eigenvalue weighted by Crippen LogP contribution is 2.41. The predicted molar refractivity (Wildman–Crippen MR) is 95.0 cm³/mol. The van der Waals surface area contributed by atoms with E-state index < -0.39 is 45.5 Å². The SMILES string of the molecule is CC(C)(C)OC(=O)O[C@H]1C(=O)N(S(=O)C(C)(C)C)[C@H]1c1ccccc1. The van der Waals surface area contributed by atoms with Gasteiger partial charge in [0, 0.05) is 0 Å². The second-order valence-corrected chi connectivity index (χ2v) is 10.0. The maximum absolute atomic E-state index is 12.7. The molecule has 25 heavy (non-hydrogen) atoms. The fourth-order valence-electron chi connectivity index (χ4n) is 2.37. The summed E-state index contributed by atoms with van der Waals surface area (Å²) in [4.78, 5) is 24.5. The van der Waals surface area contributed by atoms with Crippen molar-refractivity contribution in [2.45, 2.75) is 64.0 Å². The molecule has 3 atom stereocenters. The normalized spacial score (nSPS) is 22.2. The Morgan fingerprint density at radius 1 is 1.08 bits per heavy atom. The summed E-state index contributed by atoms with van der Waals surface area (Å²) in [6.45, 7) is 10.5. The first-order chi connectivity index (χ1) is 11.4. The molecule has 0 spiro atoms. The topological polar surface area (TPSA) is 72.9 Å². The molecule has 1 aliphatic rings. The molecule has 1 fully saturated rings. The van der Waals surface area contributed by atoms with Gasteiger partial charge >= 0.3 is 6.16 Å². The molecule has 0 N–H and O–H groups in total. The molecule has 0 aliphatic carbocycles. The third-order valence-corrected chi connectivity index (χ3v) is 5.27. The highest BCUT2D eigenvalue weighted by Gasteiger charge is 2.55. The number of hydrogen-bond acceptors (Lipinski definition) is 5. The van der Waals surface area contributed by atoms with Crippen LogP contribution in [0.2, 0.25) is 0 Å². The fourth-order valence-corrected chi connectivity index (χ4v) is 3.67. The van der Waals surface area contributed by atoms with E-state index in [0.29, 0.717) is 0 Å². The zero-order valence-electron chi connectivity index (χ0n) is 15.4. The van der Waals surface area contributed by atoms with Crippen molar-refractivity contribution in [3.8, 4) is 0 Å². The van der Waals surface area contributed by atoms with Gasteiger partial charge in [-0.3, -0.25) is 4.79 Å². The number of benzene rings is 1. The summed E-state index contributed by atoms with van der Waals surface area (Å²) in [6.07, 6.45) is -1.95. The van der Waals surface area contributed by atoms with Crippen LogP contribution in [-0.4, -0.2) is 37.0 Å². The summed E-state index contributed by atoms with van der Waals surface area (Å²) in [7, 11) is -1.56. The number of hydrogen-bond donors (Lipinski definition) is 0. The lowest BCUT2D eigenvalue weighted by Crippen LogP contribution is -2.63. The fraction of sp³-hybridized carbons (Fsp3) is 0.556. The first-order valence-electron chi connectivity index (χ1n) is 8.11. The number of carbonyl (C=O) groups excluding carboxylic acids is 2. The van der Waals surface area contributed by atoms with E-state index in [2.05, 4.69) is 0 Å². The summed E-state index contributed by atoms with van der Waals surface area (Å²) in [5.41, 5.74) is 0.0355. The minimum absolute atomic E-state index is 0.479. The van der Waals surface area contributed by atoms with E-state index in [0.717, 1.165) is 5.56 Å². The third kappa shape index (κ3) is 4.39. The lowest BCUT2D eigenvalue weighted by molar-refractivity contribution is -0.160. The van der Waals surface area contributed by atoms with E-state index in [9.17, 15) is 13.8 Å². The molecular formula is C18H25NO5S. The molecule has 1 aromatic carbocycles. The van der Waals surface area contributed by atoms with Crippen molar-refractivity contribution in [1.82, 2.24) is 4.31 Å². The molecule has 1 aliphatic heterocycles. The molecule has 0 saturated carbocycles. The summed E-state index contributed by atoms with van der Waals surface area (Å²) >= 11 is 0. The smallest absolute Gasteiger partial charge is 0.429 e. The minimum Gasteiger partial charge on any atom is -0.429 e. The van der Waals surface area contributed by atoms with Crippen molar-refractivity contribution in [2.24, 2.45) is 0 Å². The lowest BCUT2D eigenvalue weighted by Gasteiger charge is -2.46. The lowest BCUT2D eigenvalue weighted by atomic mass is 9.94. The van der Waals surface area contributed by atoms with Crippen molar-refractivity contribution < 1.29 is 23.3 Å². The number of ether oxygens (including phenoxy) is 2. The Labute approximate surface area is 151 Å². The van der Waals surface area contributed by atoms with Gasteiger partial charge in [-0.1, -0.05) is 30.3 Å². The van der Waals surface area contributed by atoms with Crippen molar-refractivity contribution in [1.29, 1.82) is 0 Å². The largest absolute Gasteiger partial charge is 0.509 e. The number of nitrogens with zero attached hydrogens (tertiary/aromatic N) is 1. The number of β-lactam (4-membered cyclic amide) rings is 1. The number of amides is 1. The van der Waals surface area contributed by atoms with Gasteiger partial charge in [0.05, 0.1) is 4.75 Å². The molecule has 7 heteroatoms. The van der Waals surface area contributed by atoms with Gasteiger partial charge in [-0.2, -0.15) is 0 Å². The Balaban J connectivity index is 2.26. The molecule has 138 valence electrons. The molecule has 1 saturated heterocycles. The summed E-state index contributed by atoms with van der Waals surface area (Å²) < 4.78 is 23.8. The van der Waals surface area contributed by atoms with Crippen molar-refractivity contribution in [3.63, 3.8) is 0 Å². The molecule has 1 amide bonds. The summed E-state index contributed by atoms with van der Waals surface area (Å²) in [5.74, 6) is -0.479.